The number of hydrogen-bond acceptors (Lipinski definition) is 5. The Morgan fingerprint density at radius 3 is 2.40 bits per heavy atom. The van der Waals surface area contributed by atoms with Crippen molar-refractivity contribution in [2.45, 2.75) is 25.0 Å². The van der Waals surface area contributed by atoms with Crippen LogP contribution in [0.3, 0.4) is 0 Å². The number of aliphatic hydroxyl groups is 1. The number of benzene rings is 2. The van der Waals surface area contributed by atoms with Crippen LogP contribution in [-0.2, 0) is 14.3 Å². The lowest BCUT2D eigenvalue weighted by molar-refractivity contribution is -0.140. The fraction of sp³-hybridized carbons (Fsp3) is 0.333. The van der Waals surface area contributed by atoms with Gasteiger partial charge in [-0.3, -0.25) is 9.59 Å². The molecule has 4 rings (SSSR count). The molecule has 2 aliphatic heterocycles. The topological polar surface area (TPSA) is 70.1 Å². The number of rotatable bonds is 5. The molecule has 0 saturated carbocycles. The Kier molecular flexibility index (Phi) is 5.59. The van der Waals surface area contributed by atoms with Gasteiger partial charge in [-0.15, -0.1) is 0 Å². The van der Waals surface area contributed by atoms with E-state index in [0.717, 1.165) is 24.1 Å². The summed E-state index contributed by atoms with van der Waals surface area (Å²) in [6.07, 6.45) is 1.71. The van der Waals surface area contributed by atoms with Gasteiger partial charge in [0.05, 0.1) is 17.7 Å². The molecule has 2 saturated heterocycles. The van der Waals surface area contributed by atoms with Crippen LogP contribution in [0.15, 0.2) is 60.2 Å². The molecule has 2 heterocycles. The van der Waals surface area contributed by atoms with Gasteiger partial charge in [0, 0.05) is 38.5 Å². The number of aliphatic hydroxyl groups excluding tert-OH is 1. The van der Waals surface area contributed by atoms with Gasteiger partial charge in [-0.1, -0.05) is 42.5 Å². The molecule has 0 spiro atoms. The van der Waals surface area contributed by atoms with Crippen LogP contribution in [0.5, 0.6) is 0 Å². The number of nitrogens with zero attached hydrogens (tertiary/aromatic N) is 2. The molecule has 2 atom stereocenters. The van der Waals surface area contributed by atoms with E-state index in [0.29, 0.717) is 18.7 Å². The van der Waals surface area contributed by atoms with Crippen molar-refractivity contribution in [3.05, 3.63) is 71.3 Å². The summed E-state index contributed by atoms with van der Waals surface area (Å²) in [5, 5.41) is 11.0. The maximum atomic E-state index is 13.0. The van der Waals surface area contributed by atoms with Crippen molar-refractivity contribution in [3.8, 4) is 0 Å². The molecule has 2 aromatic rings. The Labute approximate surface area is 176 Å². The van der Waals surface area contributed by atoms with Crippen molar-refractivity contribution in [3.63, 3.8) is 0 Å². The van der Waals surface area contributed by atoms with Crippen LogP contribution in [0.1, 0.15) is 30.0 Å². The minimum atomic E-state index is -0.656. The highest BCUT2D eigenvalue weighted by Gasteiger charge is 2.47. The van der Waals surface area contributed by atoms with E-state index < -0.39 is 17.7 Å². The number of carbonyl (C=O) groups excluding carboxylic acids is 2. The molecule has 30 heavy (non-hydrogen) atoms. The summed E-state index contributed by atoms with van der Waals surface area (Å²) in [7, 11) is 3.90. The van der Waals surface area contributed by atoms with E-state index in [2.05, 4.69) is 0 Å². The molecule has 0 bridgehead atoms. The zero-order valence-electron chi connectivity index (χ0n) is 17.2. The van der Waals surface area contributed by atoms with Crippen LogP contribution in [0.25, 0.3) is 5.76 Å². The minimum Gasteiger partial charge on any atom is -0.507 e. The Bertz CT molecular complexity index is 960. The SMILES string of the molecule is CN(C)c1ccc(C2/C(=C(/O)c3ccccc3)C(=O)C(=O)N2CC2CCCO2)cc1. The van der Waals surface area contributed by atoms with Gasteiger partial charge in [-0.25, -0.2) is 0 Å². The summed E-state index contributed by atoms with van der Waals surface area (Å²) in [5.74, 6) is -1.40. The standard InChI is InChI=1S/C24H26N2O4/c1-25(2)18-12-10-16(11-13-18)21-20(22(27)17-7-4-3-5-8-17)23(28)24(29)26(21)15-19-9-6-14-30-19/h3-5,7-8,10-13,19,21,27H,6,9,14-15H2,1-2H3/b22-20-. The first kappa shape index (κ1) is 20.2. The highest BCUT2D eigenvalue weighted by Crippen LogP contribution is 2.40. The summed E-state index contributed by atoms with van der Waals surface area (Å²) < 4.78 is 5.72. The van der Waals surface area contributed by atoms with Gasteiger partial charge in [0.15, 0.2) is 0 Å². The largest absolute Gasteiger partial charge is 0.507 e. The predicted octanol–water partition coefficient (Wildman–Crippen LogP) is 3.35. The fourth-order valence-electron chi connectivity index (χ4n) is 4.13. The van der Waals surface area contributed by atoms with Crippen LogP contribution < -0.4 is 4.90 Å². The van der Waals surface area contributed by atoms with Crippen molar-refractivity contribution in [1.29, 1.82) is 0 Å². The van der Waals surface area contributed by atoms with E-state index in [-0.39, 0.29) is 17.4 Å². The second-order valence-corrected chi connectivity index (χ2v) is 7.94. The second kappa shape index (κ2) is 8.32. The Morgan fingerprint density at radius 2 is 1.80 bits per heavy atom. The smallest absolute Gasteiger partial charge is 0.295 e. The summed E-state index contributed by atoms with van der Waals surface area (Å²) in [6.45, 7) is 0.997. The number of ketones is 1. The molecule has 0 aliphatic carbocycles. The normalized spacial score (nSPS) is 23.2. The van der Waals surface area contributed by atoms with E-state index in [1.807, 2.05) is 49.3 Å². The lowest BCUT2D eigenvalue weighted by Gasteiger charge is -2.28. The van der Waals surface area contributed by atoms with E-state index in [1.54, 1.807) is 29.2 Å². The van der Waals surface area contributed by atoms with Gasteiger partial charge in [-0.2, -0.15) is 0 Å². The highest BCUT2D eigenvalue weighted by atomic mass is 16.5. The molecule has 1 N–H and O–H groups in total. The maximum Gasteiger partial charge on any atom is 0.295 e. The molecule has 6 nitrogen and oxygen atoms in total. The molecule has 2 fully saturated rings. The first-order valence-electron chi connectivity index (χ1n) is 10.2. The number of carbonyl (C=O) groups is 2. The molecule has 0 radical (unpaired) electrons. The minimum absolute atomic E-state index is 0.0940. The third-order valence-electron chi connectivity index (χ3n) is 5.74. The molecular formula is C24H26N2O4. The van der Waals surface area contributed by atoms with Crippen LogP contribution in [0.2, 0.25) is 0 Å². The average molecular weight is 406 g/mol. The first-order valence-corrected chi connectivity index (χ1v) is 10.2. The number of amides is 1. The molecule has 0 aromatic heterocycles. The summed E-state index contributed by atoms with van der Waals surface area (Å²) >= 11 is 0. The molecule has 156 valence electrons. The second-order valence-electron chi connectivity index (χ2n) is 7.94. The number of Topliss-reactive ketones (excluding diaryl/α,β-unsaturated/α-hetero) is 1. The lowest BCUT2D eigenvalue weighted by Crippen LogP contribution is -2.36. The fourth-order valence-corrected chi connectivity index (χ4v) is 4.13. The third kappa shape index (κ3) is 3.71. The van der Waals surface area contributed by atoms with Crippen molar-refractivity contribution in [2.75, 3.05) is 32.1 Å². The Balaban J connectivity index is 1.80. The quantitative estimate of drug-likeness (QED) is 0.468. The van der Waals surface area contributed by atoms with Crippen molar-refractivity contribution >= 4 is 23.1 Å². The van der Waals surface area contributed by atoms with Crippen molar-refractivity contribution in [2.24, 2.45) is 0 Å². The zero-order chi connectivity index (χ0) is 21.3. The monoisotopic (exact) mass is 406 g/mol. The van der Waals surface area contributed by atoms with Crippen LogP contribution in [0, 0.1) is 0 Å². The van der Waals surface area contributed by atoms with E-state index in [9.17, 15) is 14.7 Å². The molecule has 2 unspecified atom stereocenters. The predicted molar refractivity (Wildman–Crippen MR) is 115 cm³/mol. The van der Waals surface area contributed by atoms with Gasteiger partial charge in [0.2, 0.25) is 0 Å². The van der Waals surface area contributed by atoms with E-state index >= 15 is 0 Å². The molecule has 2 aliphatic rings. The Hall–Kier alpha value is -3.12. The molecule has 6 heteroatoms. The van der Waals surface area contributed by atoms with Gasteiger partial charge in [-0.05, 0) is 30.5 Å². The van der Waals surface area contributed by atoms with E-state index in [1.165, 1.54) is 0 Å². The molecule has 2 aromatic carbocycles. The molecular weight excluding hydrogens is 380 g/mol. The maximum absolute atomic E-state index is 13.0. The van der Waals surface area contributed by atoms with Gasteiger partial charge >= 0.3 is 0 Å². The van der Waals surface area contributed by atoms with Gasteiger partial charge in [0.25, 0.3) is 11.7 Å². The van der Waals surface area contributed by atoms with Gasteiger partial charge in [0.1, 0.15) is 5.76 Å². The zero-order valence-corrected chi connectivity index (χ0v) is 17.2. The summed E-state index contributed by atoms with van der Waals surface area (Å²) in [5.41, 5.74) is 2.44. The molecule has 1 amide bonds. The van der Waals surface area contributed by atoms with Crippen molar-refractivity contribution < 1.29 is 19.4 Å². The number of anilines is 1. The first-order chi connectivity index (χ1) is 14.5. The van der Waals surface area contributed by atoms with E-state index in [4.69, 9.17) is 4.74 Å². The van der Waals surface area contributed by atoms with Crippen LogP contribution >= 0.6 is 0 Å². The summed E-state index contributed by atoms with van der Waals surface area (Å²) in [6, 6.07) is 15.9. The highest BCUT2D eigenvalue weighted by molar-refractivity contribution is 6.46. The number of ether oxygens (including phenoxy) is 1. The third-order valence-corrected chi connectivity index (χ3v) is 5.74. The number of hydrogen-bond donors (Lipinski definition) is 1. The number of likely N-dealkylation sites (tertiary alicyclic amines) is 1. The average Bonchev–Trinajstić information content (AvgIpc) is 3.36. The lowest BCUT2D eigenvalue weighted by atomic mass is 9.95. The summed E-state index contributed by atoms with van der Waals surface area (Å²) in [4.78, 5) is 29.5. The van der Waals surface area contributed by atoms with Crippen LogP contribution in [-0.4, -0.2) is 55.0 Å². The van der Waals surface area contributed by atoms with Crippen molar-refractivity contribution in [1.82, 2.24) is 4.90 Å². The van der Waals surface area contributed by atoms with Crippen LogP contribution in [0.4, 0.5) is 5.69 Å². The van der Waals surface area contributed by atoms with Gasteiger partial charge < -0.3 is 19.6 Å². The Morgan fingerprint density at radius 1 is 1.10 bits per heavy atom.